The summed E-state index contributed by atoms with van der Waals surface area (Å²) in [5, 5.41) is 0.411. The zero-order valence-corrected chi connectivity index (χ0v) is 18.8. The first-order chi connectivity index (χ1) is 15.5. The van der Waals surface area contributed by atoms with Crippen molar-refractivity contribution in [3.05, 3.63) is 47.5 Å². The summed E-state index contributed by atoms with van der Waals surface area (Å²) in [7, 11) is 0. The van der Waals surface area contributed by atoms with Gasteiger partial charge in [-0.05, 0) is 37.1 Å². The van der Waals surface area contributed by atoms with Gasteiger partial charge in [0.15, 0.2) is 11.5 Å². The van der Waals surface area contributed by atoms with E-state index < -0.39 is 17.8 Å². The highest BCUT2D eigenvalue weighted by Gasteiger charge is 2.45. The zero-order chi connectivity index (χ0) is 23.1. The van der Waals surface area contributed by atoms with Gasteiger partial charge in [0.25, 0.3) is 0 Å². The van der Waals surface area contributed by atoms with Crippen LogP contribution in [0.5, 0.6) is 17.2 Å². The molecule has 2 aromatic carbocycles. The lowest BCUT2D eigenvalue weighted by Crippen LogP contribution is -2.36. The molecule has 8 nitrogen and oxygen atoms in total. The van der Waals surface area contributed by atoms with Crippen LogP contribution in [0.2, 0.25) is 5.02 Å². The molecule has 0 aromatic heterocycles. The summed E-state index contributed by atoms with van der Waals surface area (Å²) in [6.07, 6.45) is 1.59. The van der Waals surface area contributed by atoms with Gasteiger partial charge in [0.1, 0.15) is 12.4 Å². The monoisotopic (exact) mass is 460 g/mol. The van der Waals surface area contributed by atoms with Crippen LogP contribution in [0.4, 0.5) is 10.5 Å². The Labute approximate surface area is 191 Å². The van der Waals surface area contributed by atoms with Crippen LogP contribution < -0.4 is 19.1 Å². The summed E-state index contributed by atoms with van der Waals surface area (Å²) < 4.78 is 17.0. The van der Waals surface area contributed by atoms with E-state index in [0.29, 0.717) is 35.5 Å². The van der Waals surface area contributed by atoms with Gasteiger partial charge in [-0.15, -0.1) is 0 Å². The second kappa shape index (κ2) is 10.9. The quantitative estimate of drug-likeness (QED) is 0.367. The van der Waals surface area contributed by atoms with E-state index in [2.05, 4.69) is 0 Å². The van der Waals surface area contributed by atoms with Crippen LogP contribution in [-0.4, -0.2) is 49.1 Å². The summed E-state index contributed by atoms with van der Waals surface area (Å²) in [6, 6.07) is 10.8. The van der Waals surface area contributed by atoms with Crippen molar-refractivity contribution in [2.24, 2.45) is 0 Å². The molecule has 2 aromatic rings. The minimum atomic E-state index is -0.934. The van der Waals surface area contributed by atoms with Crippen molar-refractivity contribution in [1.29, 1.82) is 0 Å². The van der Waals surface area contributed by atoms with E-state index in [1.165, 1.54) is 6.07 Å². The normalized spacial score (nSPS) is 13.7. The third-order valence-electron chi connectivity index (χ3n) is 4.57. The number of anilines is 1. The largest absolute Gasteiger partial charge is 0.490 e. The predicted octanol–water partition coefficient (Wildman–Crippen LogP) is 4.29. The summed E-state index contributed by atoms with van der Waals surface area (Å²) >= 11 is 6.04. The van der Waals surface area contributed by atoms with Crippen molar-refractivity contribution >= 4 is 35.1 Å². The molecule has 3 rings (SSSR count). The molecule has 170 valence electrons. The van der Waals surface area contributed by atoms with Gasteiger partial charge in [0.2, 0.25) is 0 Å². The highest BCUT2D eigenvalue weighted by molar-refractivity contribution is 6.52. The Morgan fingerprint density at radius 1 is 0.781 bits per heavy atom. The zero-order valence-electron chi connectivity index (χ0n) is 18.0. The fourth-order valence-corrected chi connectivity index (χ4v) is 3.22. The fraction of sp³-hybridized carbons (Fsp3) is 0.348. The molecule has 9 heteroatoms. The van der Waals surface area contributed by atoms with Crippen molar-refractivity contribution in [1.82, 2.24) is 4.90 Å². The summed E-state index contributed by atoms with van der Waals surface area (Å²) in [6.45, 7) is 4.79. The first kappa shape index (κ1) is 23.4. The average molecular weight is 461 g/mol. The number of benzene rings is 2. The SMILES string of the molecule is CCCOc1ccc(N2C(=O)C(=O)N(CCOc3ccccc3Cl)C2=O)cc1OCCC. The highest BCUT2D eigenvalue weighted by atomic mass is 35.5. The second-order valence-corrected chi connectivity index (χ2v) is 7.39. The lowest BCUT2D eigenvalue weighted by atomic mass is 10.2. The smallest absolute Gasteiger partial charge is 0.339 e. The highest BCUT2D eigenvalue weighted by Crippen LogP contribution is 2.34. The minimum Gasteiger partial charge on any atom is -0.490 e. The van der Waals surface area contributed by atoms with E-state index in [1.54, 1.807) is 36.4 Å². The lowest BCUT2D eigenvalue weighted by Gasteiger charge is -2.18. The van der Waals surface area contributed by atoms with E-state index in [1.807, 2.05) is 13.8 Å². The first-order valence-corrected chi connectivity index (χ1v) is 10.8. The lowest BCUT2D eigenvalue weighted by molar-refractivity contribution is -0.139. The van der Waals surface area contributed by atoms with Crippen LogP contribution in [0.25, 0.3) is 0 Å². The van der Waals surface area contributed by atoms with Gasteiger partial charge in [-0.2, -0.15) is 0 Å². The van der Waals surface area contributed by atoms with Crippen LogP contribution in [-0.2, 0) is 9.59 Å². The number of rotatable bonds is 11. The third kappa shape index (κ3) is 5.13. The van der Waals surface area contributed by atoms with Crippen molar-refractivity contribution < 1.29 is 28.6 Å². The number of nitrogens with zero attached hydrogens (tertiary/aromatic N) is 2. The van der Waals surface area contributed by atoms with E-state index >= 15 is 0 Å². The van der Waals surface area contributed by atoms with Crippen LogP contribution in [0.3, 0.4) is 0 Å². The number of halogens is 1. The van der Waals surface area contributed by atoms with E-state index in [4.69, 9.17) is 25.8 Å². The molecule has 1 saturated heterocycles. The van der Waals surface area contributed by atoms with Crippen LogP contribution in [0, 0.1) is 0 Å². The van der Waals surface area contributed by atoms with Crippen molar-refractivity contribution in [3.63, 3.8) is 0 Å². The standard InChI is InChI=1S/C23H25ClN2O6/c1-3-12-30-19-10-9-16(15-20(19)31-13-4-2)26-22(28)21(27)25(23(26)29)11-14-32-18-8-6-5-7-17(18)24/h5-10,15H,3-4,11-14H2,1-2H3. The van der Waals surface area contributed by atoms with Crippen molar-refractivity contribution in [3.8, 4) is 17.2 Å². The minimum absolute atomic E-state index is 0.00299. The van der Waals surface area contributed by atoms with E-state index in [0.717, 1.165) is 22.6 Å². The third-order valence-corrected chi connectivity index (χ3v) is 4.88. The molecule has 0 spiro atoms. The molecule has 4 amide bonds. The van der Waals surface area contributed by atoms with Crippen molar-refractivity contribution in [2.45, 2.75) is 26.7 Å². The molecular formula is C23H25ClN2O6. The number of ether oxygens (including phenoxy) is 3. The fourth-order valence-electron chi connectivity index (χ4n) is 3.03. The van der Waals surface area contributed by atoms with Gasteiger partial charge in [-0.3, -0.25) is 14.5 Å². The first-order valence-electron chi connectivity index (χ1n) is 10.4. The maximum Gasteiger partial charge on any atom is 0.339 e. The topological polar surface area (TPSA) is 85.4 Å². The molecule has 1 heterocycles. The molecule has 0 radical (unpaired) electrons. The van der Waals surface area contributed by atoms with Gasteiger partial charge in [0, 0.05) is 6.07 Å². The molecule has 0 aliphatic carbocycles. The number of hydrogen-bond acceptors (Lipinski definition) is 6. The molecule has 0 saturated carbocycles. The number of imide groups is 2. The number of carbonyl (C=O) groups excluding carboxylic acids is 3. The Hall–Kier alpha value is -3.26. The molecule has 32 heavy (non-hydrogen) atoms. The molecular weight excluding hydrogens is 436 g/mol. The van der Waals surface area contributed by atoms with Gasteiger partial charge in [-0.1, -0.05) is 37.6 Å². The Kier molecular flexibility index (Phi) is 7.94. The van der Waals surface area contributed by atoms with Gasteiger partial charge >= 0.3 is 17.8 Å². The second-order valence-electron chi connectivity index (χ2n) is 6.99. The number of carbonyl (C=O) groups is 3. The summed E-state index contributed by atoms with van der Waals surface area (Å²) in [5.74, 6) is -0.501. The van der Waals surface area contributed by atoms with E-state index in [9.17, 15) is 14.4 Å². The molecule has 0 bridgehead atoms. The van der Waals surface area contributed by atoms with Crippen molar-refractivity contribution in [2.75, 3.05) is 31.3 Å². The summed E-state index contributed by atoms with van der Waals surface area (Å²) in [4.78, 5) is 39.6. The number of hydrogen-bond donors (Lipinski definition) is 0. The number of amides is 4. The van der Waals surface area contributed by atoms with Crippen LogP contribution in [0.15, 0.2) is 42.5 Å². The molecule has 0 atom stereocenters. The van der Waals surface area contributed by atoms with Gasteiger partial charge < -0.3 is 14.2 Å². The van der Waals surface area contributed by atoms with Crippen LogP contribution >= 0.6 is 11.6 Å². The average Bonchev–Trinajstić information content (AvgIpc) is 3.00. The number of para-hydroxylation sites is 1. The Balaban J connectivity index is 1.74. The summed E-state index contributed by atoms with van der Waals surface area (Å²) in [5.41, 5.74) is 0.234. The Bertz CT molecular complexity index is 996. The molecule has 1 fully saturated rings. The Morgan fingerprint density at radius 2 is 1.44 bits per heavy atom. The van der Waals surface area contributed by atoms with Crippen LogP contribution in [0.1, 0.15) is 26.7 Å². The molecule has 0 unspecified atom stereocenters. The van der Waals surface area contributed by atoms with Gasteiger partial charge in [0.05, 0.1) is 30.5 Å². The maximum atomic E-state index is 12.9. The molecule has 1 aliphatic heterocycles. The maximum absolute atomic E-state index is 12.9. The van der Waals surface area contributed by atoms with E-state index in [-0.39, 0.29) is 18.8 Å². The van der Waals surface area contributed by atoms with Gasteiger partial charge in [-0.25, -0.2) is 9.69 Å². The molecule has 0 N–H and O–H groups in total. The molecule has 1 aliphatic rings. The Morgan fingerprint density at radius 3 is 2.12 bits per heavy atom. The number of urea groups is 1. The predicted molar refractivity (Wildman–Crippen MR) is 120 cm³/mol.